The Kier molecular flexibility index (Phi) is 4.01. The van der Waals surface area contributed by atoms with E-state index in [0.717, 1.165) is 27.8 Å². The molecule has 4 aromatic rings. The molecule has 0 aliphatic carbocycles. The summed E-state index contributed by atoms with van der Waals surface area (Å²) < 4.78 is 13.6. The van der Waals surface area contributed by atoms with Gasteiger partial charge >= 0.3 is 0 Å². The third kappa shape index (κ3) is 3.00. The second-order valence-corrected chi connectivity index (χ2v) is 7.16. The van der Waals surface area contributed by atoms with Gasteiger partial charge in [-0.3, -0.25) is 9.89 Å². The zero-order chi connectivity index (χ0) is 20.0. The summed E-state index contributed by atoms with van der Waals surface area (Å²) in [5.74, 6) is -0.594. The number of nitrogens with one attached hydrogen (secondary N) is 2. The predicted octanol–water partition coefficient (Wildman–Crippen LogP) is 3.76. The Bertz CT molecular complexity index is 1220. The minimum atomic E-state index is -0.552. The van der Waals surface area contributed by atoms with Crippen LogP contribution in [0.4, 0.5) is 15.8 Å². The first kappa shape index (κ1) is 17.4. The van der Waals surface area contributed by atoms with E-state index in [-0.39, 0.29) is 11.9 Å². The number of benzene rings is 2. The van der Waals surface area contributed by atoms with Gasteiger partial charge in [0.05, 0.1) is 16.9 Å². The first-order valence-corrected chi connectivity index (χ1v) is 9.32. The fourth-order valence-corrected chi connectivity index (χ4v) is 3.84. The number of likely N-dealkylation sites (N-methyl/N-ethyl adjacent to an activating group) is 1. The van der Waals surface area contributed by atoms with Gasteiger partial charge in [-0.25, -0.2) is 4.98 Å². The van der Waals surface area contributed by atoms with Crippen molar-refractivity contribution in [3.63, 3.8) is 0 Å². The number of rotatable bonds is 3. The smallest absolute Gasteiger partial charge is 0.247 e. The van der Waals surface area contributed by atoms with E-state index >= 15 is 0 Å². The number of H-pyrrole nitrogens is 1. The molecule has 6 nitrogen and oxygen atoms in total. The maximum Gasteiger partial charge on any atom is 0.247 e. The van der Waals surface area contributed by atoms with Crippen LogP contribution in [0, 0.1) is 5.95 Å². The van der Waals surface area contributed by atoms with Crippen LogP contribution in [0.25, 0.3) is 22.2 Å². The lowest BCUT2D eigenvalue weighted by molar-refractivity contribution is -0.117. The van der Waals surface area contributed by atoms with Crippen LogP contribution < -0.4 is 10.2 Å². The van der Waals surface area contributed by atoms with Crippen LogP contribution in [0.3, 0.4) is 0 Å². The minimum Gasteiger partial charge on any atom is -0.361 e. The first-order chi connectivity index (χ1) is 14.1. The Balaban J connectivity index is 1.57. The summed E-state index contributed by atoms with van der Waals surface area (Å²) in [4.78, 5) is 18.3. The SMILES string of the molecule is CN1c2cc3c(-c4ccnc(F)c4)n[nH]c3cc2NC(=O)C1Cc1ccccc1. The molecule has 7 heteroatoms. The molecular weight excluding hydrogens is 369 g/mol. The Morgan fingerprint density at radius 2 is 1.97 bits per heavy atom. The maximum atomic E-state index is 13.6. The number of aromatic amines is 1. The van der Waals surface area contributed by atoms with Crippen molar-refractivity contribution in [3.05, 3.63) is 72.3 Å². The summed E-state index contributed by atoms with van der Waals surface area (Å²) in [7, 11) is 1.92. The predicted molar refractivity (Wildman–Crippen MR) is 110 cm³/mol. The van der Waals surface area contributed by atoms with Crippen LogP contribution in [0.1, 0.15) is 5.56 Å². The highest BCUT2D eigenvalue weighted by atomic mass is 19.1. The highest BCUT2D eigenvalue weighted by Crippen LogP contribution is 2.38. The van der Waals surface area contributed by atoms with E-state index < -0.39 is 5.95 Å². The fraction of sp³-hybridized carbons (Fsp3) is 0.136. The maximum absolute atomic E-state index is 13.6. The lowest BCUT2D eigenvalue weighted by atomic mass is 9.99. The van der Waals surface area contributed by atoms with Crippen molar-refractivity contribution in [3.8, 4) is 11.3 Å². The summed E-state index contributed by atoms with van der Waals surface area (Å²) in [6.07, 6.45) is 2.03. The number of aromatic nitrogens is 3. The molecule has 1 unspecified atom stereocenters. The third-order valence-electron chi connectivity index (χ3n) is 5.36. The van der Waals surface area contributed by atoms with Gasteiger partial charge in [0.25, 0.3) is 0 Å². The van der Waals surface area contributed by atoms with E-state index in [4.69, 9.17) is 0 Å². The topological polar surface area (TPSA) is 73.9 Å². The molecule has 29 heavy (non-hydrogen) atoms. The molecule has 5 rings (SSSR count). The fourth-order valence-electron chi connectivity index (χ4n) is 3.84. The van der Waals surface area contributed by atoms with E-state index in [1.165, 1.54) is 12.3 Å². The number of halogens is 1. The summed E-state index contributed by atoms with van der Waals surface area (Å²) in [5, 5.41) is 11.2. The molecule has 0 spiro atoms. The van der Waals surface area contributed by atoms with Crippen LogP contribution >= 0.6 is 0 Å². The average molecular weight is 387 g/mol. The number of pyridine rings is 1. The van der Waals surface area contributed by atoms with E-state index in [0.29, 0.717) is 17.7 Å². The molecule has 2 N–H and O–H groups in total. The largest absolute Gasteiger partial charge is 0.361 e. The number of carbonyl (C=O) groups is 1. The average Bonchev–Trinajstić information content (AvgIpc) is 3.13. The van der Waals surface area contributed by atoms with Crippen LogP contribution in [0.15, 0.2) is 60.8 Å². The zero-order valence-electron chi connectivity index (χ0n) is 15.7. The molecule has 0 fully saturated rings. The van der Waals surface area contributed by atoms with Gasteiger partial charge in [0.15, 0.2) is 0 Å². The van der Waals surface area contributed by atoms with Crippen molar-refractivity contribution in [1.82, 2.24) is 15.2 Å². The number of hydrogen-bond acceptors (Lipinski definition) is 4. The molecule has 1 amide bonds. The van der Waals surface area contributed by atoms with E-state index in [2.05, 4.69) is 20.5 Å². The molecule has 1 atom stereocenters. The number of fused-ring (bicyclic) bond motifs is 2. The molecule has 2 aromatic heterocycles. The van der Waals surface area contributed by atoms with E-state index in [1.54, 1.807) is 6.07 Å². The number of carbonyl (C=O) groups excluding carboxylic acids is 1. The number of hydrogen-bond donors (Lipinski definition) is 2. The van der Waals surface area contributed by atoms with Crippen LogP contribution in [0.2, 0.25) is 0 Å². The van der Waals surface area contributed by atoms with Gasteiger partial charge in [-0.1, -0.05) is 30.3 Å². The minimum absolute atomic E-state index is 0.0425. The first-order valence-electron chi connectivity index (χ1n) is 9.32. The molecule has 144 valence electrons. The van der Waals surface area contributed by atoms with Crippen molar-refractivity contribution in [1.29, 1.82) is 0 Å². The van der Waals surface area contributed by atoms with Crippen LogP contribution in [-0.4, -0.2) is 34.2 Å². The third-order valence-corrected chi connectivity index (χ3v) is 5.36. The second kappa shape index (κ2) is 6.70. The van der Waals surface area contributed by atoms with Crippen LogP contribution in [0.5, 0.6) is 0 Å². The summed E-state index contributed by atoms with van der Waals surface area (Å²) in [6, 6.07) is 16.6. The molecule has 2 aromatic carbocycles. The highest BCUT2D eigenvalue weighted by Gasteiger charge is 2.31. The van der Waals surface area contributed by atoms with E-state index in [9.17, 15) is 9.18 Å². The molecular formula is C22H18FN5O. The van der Waals surface area contributed by atoms with Crippen molar-refractivity contribution in [2.45, 2.75) is 12.5 Å². The van der Waals surface area contributed by atoms with Gasteiger partial charge in [0.2, 0.25) is 11.9 Å². The quantitative estimate of drug-likeness (QED) is 0.525. The van der Waals surface area contributed by atoms with Crippen molar-refractivity contribution in [2.75, 3.05) is 17.3 Å². The van der Waals surface area contributed by atoms with Gasteiger partial charge in [0, 0.05) is 36.7 Å². The standard InChI is InChI=1S/C22H18FN5O/c1-28-18-11-15-16(26-27-21(15)14-7-8-24-20(23)10-14)12-17(18)25-22(29)19(28)9-13-5-3-2-4-6-13/h2-8,10-12,19H,9H2,1H3,(H,25,29)(H,26,27). The number of anilines is 2. The molecule has 3 heterocycles. The summed E-state index contributed by atoms with van der Waals surface area (Å²) in [5.41, 5.74) is 4.79. The molecule has 1 aliphatic rings. The lowest BCUT2D eigenvalue weighted by Crippen LogP contribution is -2.47. The normalized spacial score (nSPS) is 16.0. The van der Waals surface area contributed by atoms with E-state index in [1.807, 2.05) is 54.4 Å². The van der Waals surface area contributed by atoms with Crippen molar-refractivity contribution < 1.29 is 9.18 Å². The van der Waals surface area contributed by atoms with Gasteiger partial charge in [-0.15, -0.1) is 0 Å². The second-order valence-electron chi connectivity index (χ2n) is 7.16. The Morgan fingerprint density at radius 1 is 1.14 bits per heavy atom. The molecule has 1 aliphatic heterocycles. The Hall–Kier alpha value is -3.74. The lowest BCUT2D eigenvalue weighted by Gasteiger charge is -2.35. The van der Waals surface area contributed by atoms with Gasteiger partial charge in [0.1, 0.15) is 11.7 Å². The number of nitrogens with zero attached hydrogens (tertiary/aromatic N) is 3. The molecule has 0 bridgehead atoms. The monoisotopic (exact) mass is 387 g/mol. The Morgan fingerprint density at radius 3 is 2.76 bits per heavy atom. The molecule has 0 saturated carbocycles. The number of amides is 1. The van der Waals surface area contributed by atoms with Crippen molar-refractivity contribution in [2.24, 2.45) is 0 Å². The van der Waals surface area contributed by atoms with Crippen molar-refractivity contribution >= 4 is 28.2 Å². The molecule has 0 radical (unpaired) electrons. The van der Waals surface area contributed by atoms with Gasteiger partial charge < -0.3 is 10.2 Å². The summed E-state index contributed by atoms with van der Waals surface area (Å²) in [6.45, 7) is 0. The zero-order valence-corrected chi connectivity index (χ0v) is 15.7. The Labute approximate surface area is 166 Å². The summed E-state index contributed by atoms with van der Waals surface area (Å²) >= 11 is 0. The highest BCUT2D eigenvalue weighted by molar-refractivity contribution is 6.08. The van der Waals surface area contributed by atoms with Gasteiger partial charge in [-0.2, -0.15) is 9.49 Å². The van der Waals surface area contributed by atoms with Crippen LogP contribution in [-0.2, 0) is 11.2 Å². The molecule has 0 saturated heterocycles. The van der Waals surface area contributed by atoms with Gasteiger partial charge in [-0.05, 0) is 23.8 Å².